The molecule has 0 spiro atoms. The topological polar surface area (TPSA) is 55.1 Å². The van der Waals surface area contributed by atoms with Gasteiger partial charge in [0.2, 0.25) is 0 Å². The molecule has 17 heavy (non-hydrogen) atoms. The zero-order chi connectivity index (χ0) is 13.1. The van der Waals surface area contributed by atoms with Crippen molar-refractivity contribution in [2.75, 3.05) is 6.54 Å². The third-order valence-corrected chi connectivity index (χ3v) is 3.08. The summed E-state index contributed by atoms with van der Waals surface area (Å²) in [5.41, 5.74) is 6.01. The molecule has 0 bridgehead atoms. The highest BCUT2D eigenvalue weighted by Gasteiger charge is 2.23. The minimum Gasteiger partial charge on any atom is -0.346 e. The third kappa shape index (κ3) is 3.27. The average molecular weight is 238 g/mol. The van der Waals surface area contributed by atoms with Crippen LogP contribution in [0.1, 0.15) is 36.2 Å². The summed E-state index contributed by atoms with van der Waals surface area (Å²) >= 11 is 0. The van der Waals surface area contributed by atoms with Crippen molar-refractivity contribution in [3.05, 3.63) is 35.1 Å². The van der Waals surface area contributed by atoms with E-state index in [0.29, 0.717) is 17.7 Å². The summed E-state index contributed by atoms with van der Waals surface area (Å²) in [7, 11) is 0. The summed E-state index contributed by atoms with van der Waals surface area (Å²) in [6.45, 7) is 5.83. The molecule has 0 aliphatic heterocycles. The molecule has 0 radical (unpaired) electrons. The number of halogens is 1. The number of aryl methyl sites for hydroxylation is 1. The molecule has 3 N–H and O–H groups in total. The molecule has 0 fully saturated rings. The summed E-state index contributed by atoms with van der Waals surface area (Å²) < 4.78 is 13.3. The average Bonchev–Trinajstić information content (AvgIpc) is 2.32. The molecule has 0 aliphatic rings. The molecule has 0 heterocycles. The molecule has 1 aromatic carbocycles. The summed E-state index contributed by atoms with van der Waals surface area (Å²) in [4.78, 5) is 11.9. The van der Waals surface area contributed by atoms with E-state index in [-0.39, 0.29) is 11.7 Å². The first-order chi connectivity index (χ1) is 7.91. The fourth-order valence-corrected chi connectivity index (χ4v) is 1.36. The quantitative estimate of drug-likeness (QED) is 0.842. The number of rotatable bonds is 4. The highest BCUT2D eigenvalue weighted by atomic mass is 19.1. The SMILES string of the molecule is CCC(C)(CN)NC(=O)c1ccc(C)c(F)c1. The number of carbonyl (C=O) groups excluding carboxylic acids is 1. The minimum atomic E-state index is -0.446. The van der Waals surface area contributed by atoms with Crippen LogP contribution in [0.5, 0.6) is 0 Å². The first kappa shape index (κ1) is 13.6. The van der Waals surface area contributed by atoms with Gasteiger partial charge in [0.25, 0.3) is 5.91 Å². The van der Waals surface area contributed by atoms with Crippen LogP contribution in [0.2, 0.25) is 0 Å². The van der Waals surface area contributed by atoms with Gasteiger partial charge < -0.3 is 11.1 Å². The van der Waals surface area contributed by atoms with Gasteiger partial charge in [-0.2, -0.15) is 0 Å². The van der Waals surface area contributed by atoms with Crippen molar-refractivity contribution in [3.8, 4) is 0 Å². The molecule has 4 heteroatoms. The number of amides is 1. The number of hydrogen-bond donors (Lipinski definition) is 2. The molecule has 3 nitrogen and oxygen atoms in total. The van der Waals surface area contributed by atoms with E-state index in [9.17, 15) is 9.18 Å². The van der Waals surface area contributed by atoms with E-state index in [1.54, 1.807) is 19.1 Å². The number of nitrogens with two attached hydrogens (primary N) is 1. The van der Waals surface area contributed by atoms with Crippen LogP contribution < -0.4 is 11.1 Å². The zero-order valence-electron chi connectivity index (χ0n) is 10.5. The van der Waals surface area contributed by atoms with Crippen LogP contribution in [-0.4, -0.2) is 18.0 Å². The lowest BCUT2D eigenvalue weighted by atomic mass is 9.98. The standard InChI is InChI=1S/C13H19FN2O/c1-4-13(3,8-15)16-12(17)10-6-5-9(2)11(14)7-10/h5-7H,4,8,15H2,1-3H3,(H,16,17). The van der Waals surface area contributed by atoms with Crippen LogP contribution in [0, 0.1) is 12.7 Å². The number of hydrogen-bond acceptors (Lipinski definition) is 2. The lowest BCUT2D eigenvalue weighted by Gasteiger charge is -2.27. The Morgan fingerprint density at radius 1 is 1.53 bits per heavy atom. The molecular weight excluding hydrogens is 219 g/mol. The maximum absolute atomic E-state index is 13.3. The van der Waals surface area contributed by atoms with Crippen LogP contribution in [0.3, 0.4) is 0 Å². The number of nitrogens with one attached hydrogen (secondary N) is 1. The molecule has 1 atom stereocenters. The van der Waals surface area contributed by atoms with Gasteiger partial charge in [0.1, 0.15) is 5.82 Å². The lowest BCUT2D eigenvalue weighted by Crippen LogP contribution is -2.50. The summed E-state index contributed by atoms with van der Waals surface area (Å²) in [6.07, 6.45) is 0.726. The Morgan fingerprint density at radius 2 is 2.18 bits per heavy atom. The Labute approximate surface area is 101 Å². The second-order valence-corrected chi connectivity index (χ2v) is 4.54. The van der Waals surface area contributed by atoms with Gasteiger partial charge >= 0.3 is 0 Å². The van der Waals surface area contributed by atoms with Gasteiger partial charge in [-0.05, 0) is 38.0 Å². The second-order valence-electron chi connectivity index (χ2n) is 4.54. The highest BCUT2D eigenvalue weighted by molar-refractivity contribution is 5.94. The van der Waals surface area contributed by atoms with Gasteiger partial charge in [0.15, 0.2) is 0 Å². The highest BCUT2D eigenvalue weighted by Crippen LogP contribution is 2.12. The van der Waals surface area contributed by atoms with Gasteiger partial charge in [-0.15, -0.1) is 0 Å². The van der Waals surface area contributed by atoms with E-state index < -0.39 is 5.54 Å². The van der Waals surface area contributed by atoms with Crippen LogP contribution in [0.25, 0.3) is 0 Å². The number of benzene rings is 1. The molecule has 94 valence electrons. The number of carbonyl (C=O) groups is 1. The Bertz CT molecular complexity index is 414. The van der Waals surface area contributed by atoms with Crippen molar-refractivity contribution in [2.24, 2.45) is 5.73 Å². The summed E-state index contributed by atoms with van der Waals surface area (Å²) in [5.74, 6) is -0.665. The fourth-order valence-electron chi connectivity index (χ4n) is 1.36. The van der Waals surface area contributed by atoms with Crippen molar-refractivity contribution >= 4 is 5.91 Å². The molecule has 1 unspecified atom stereocenters. The first-order valence-corrected chi connectivity index (χ1v) is 5.70. The molecule has 1 amide bonds. The summed E-state index contributed by atoms with van der Waals surface area (Å²) in [6, 6.07) is 4.45. The molecule has 0 saturated carbocycles. The van der Waals surface area contributed by atoms with E-state index in [4.69, 9.17) is 5.73 Å². The molecule has 0 aliphatic carbocycles. The Kier molecular flexibility index (Phi) is 4.23. The van der Waals surface area contributed by atoms with E-state index in [1.165, 1.54) is 6.07 Å². The fraction of sp³-hybridized carbons (Fsp3) is 0.462. The molecular formula is C13H19FN2O. The first-order valence-electron chi connectivity index (χ1n) is 5.70. The van der Waals surface area contributed by atoms with Crippen LogP contribution in [0.4, 0.5) is 4.39 Å². The van der Waals surface area contributed by atoms with E-state index >= 15 is 0 Å². The Morgan fingerprint density at radius 3 is 2.65 bits per heavy atom. The van der Waals surface area contributed by atoms with Gasteiger partial charge in [-0.25, -0.2) is 4.39 Å². The normalized spacial score (nSPS) is 14.2. The summed E-state index contributed by atoms with van der Waals surface area (Å²) in [5, 5.41) is 2.83. The molecule has 0 aromatic heterocycles. The molecule has 0 saturated heterocycles. The van der Waals surface area contributed by atoms with E-state index in [0.717, 1.165) is 6.42 Å². The molecule has 1 rings (SSSR count). The van der Waals surface area contributed by atoms with Crippen molar-refractivity contribution < 1.29 is 9.18 Å². The Hall–Kier alpha value is -1.42. The molecule has 1 aromatic rings. The Balaban J connectivity index is 2.86. The largest absolute Gasteiger partial charge is 0.346 e. The van der Waals surface area contributed by atoms with Crippen molar-refractivity contribution in [1.82, 2.24) is 5.32 Å². The van der Waals surface area contributed by atoms with Crippen molar-refractivity contribution in [1.29, 1.82) is 0 Å². The van der Waals surface area contributed by atoms with Crippen molar-refractivity contribution in [2.45, 2.75) is 32.7 Å². The maximum atomic E-state index is 13.3. The van der Waals surface area contributed by atoms with Crippen LogP contribution in [-0.2, 0) is 0 Å². The minimum absolute atomic E-state index is 0.293. The van der Waals surface area contributed by atoms with Gasteiger partial charge in [0.05, 0.1) is 0 Å². The monoisotopic (exact) mass is 238 g/mol. The predicted molar refractivity (Wildman–Crippen MR) is 66.4 cm³/mol. The van der Waals surface area contributed by atoms with Gasteiger partial charge in [-0.1, -0.05) is 13.0 Å². The lowest BCUT2D eigenvalue weighted by molar-refractivity contribution is 0.0906. The van der Waals surface area contributed by atoms with Crippen LogP contribution in [0.15, 0.2) is 18.2 Å². The smallest absolute Gasteiger partial charge is 0.251 e. The van der Waals surface area contributed by atoms with E-state index in [2.05, 4.69) is 5.32 Å². The van der Waals surface area contributed by atoms with Crippen LogP contribution >= 0.6 is 0 Å². The zero-order valence-corrected chi connectivity index (χ0v) is 10.5. The second kappa shape index (κ2) is 5.27. The maximum Gasteiger partial charge on any atom is 0.251 e. The third-order valence-electron chi connectivity index (χ3n) is 3.08. The predicted octanol–water partition coefficient (Wildman–Crippen LogP) is 1.99. The van der Waals surface area contributed by atoms with Gasteiger partial charge in [-0.3, -0.25) is 4.79 Å². The van der Waals surface area contributed by atoms with E-state index in [1.807, 2.05) is 13.8 Å². The van der Waals surface area contributed by atoms with Crippen molar-refractivity contribution in [3.63, 3.8) is 0 Å². The van der Waals surface area contributed by atoms with Gasteiger partial charge in [0, 0.05) is 17.6 Å².